The van der Waals surface area contributed by atoms with Crippen molar-refractivity contribution in [2.45, 2.75) is 32.2 Å². The third-order valence-electron chi connectivity index (χ3n) is 5.35. The van der Waals surface area contributed by atoms with E-state index in [2.05, 4.69) is 15.1 Å². The van der Waals surface area contributed by atoms with Crippen LogP contribution in [0, 0.1) is 20.8 Å². The van der Waals surface area contributed by atoms with Crippen molar-refractivity contribution in [3.63, 3.8) is 0 Å². The van der Waals surface area contributed by atoms with E-state index in [1.807, 2.05) is 49.7 Å². The number of hydrogen-bond donors (Lipinski definition) is 2. The van der Waals surface area contributed by atoms with Gasteiger partial charge in [-0.15, -0.1) is 0 Å². The molecule has 0 atom stereocenters. The number of aromatic nitrogens is 2. The number of rotatable bonds is 7. The number of hydrogen-bond acceptors (Lipinski definition) is 4. The number of carbonyl (C=O) groups excluding carboxylic acids is 1. The molecule has 0 spiro atoms. The lowest BCUT2D eigenvalue weighted by Gasteiger charge is -2.11. The van der Waals surface area contributed by atoms with Crippen LogP contribution < -0.4 is 10.0 Å². The van der Waals surface area contributed by atoms with Gasteiger partial charge in [0.15, 0.2) is 0 Å². The molecule has 0 aliphatic carbocycles. The lowest BCUT2D eigenvalue weighted by Crippen LogP contribution is -2.14. The third-order valence-corrected chi connectivity index (χ3v) is 6.75. The van der Waals surface area contributed by atoms with Crippen LogP contribution in [-0.2, 0) is 16.6 Å². The fourth-order valence-corrected chi connectivity index (χ4v) is 4.63. The normalized spacial score (nSPS) is 11.3. The van der Waals surface area contributed by atoms with Crippen LogP contribution in [0.3, 0.4) is 0 Å². The van der Waals surface area contributed by atoms with Crippen LogP contribution in [0.1, 0.15) is 32.9 Å². The summed E-state index contributed by atoms with van der Waals surface area (Å²) < 4.78 is 29.6. The number of benzene rings is 3. The molecule has 34 heavy (non-hydrogen) atoms. The van der Waals surface area contributed by atoms with E-state index in [1.54, 1.807) is 54.6 Å². The maximum absolute atomic E-state index is 12.8. The molecule has 2 N–H and O–H groups in total. The maximum Gasteiger partial charge on any atom is 0.261 e. The Morgan fingerprint density at radius 3 is 2.21 bits per heavy atom. The van der Waals surface area contributed by atoms with E-state index >= 15 is 0 Å². The molecule has 7 nitrogen and oxygen atoms in total. The van der Waals surface area contributed by atoms with Crippen LogP contribution in [0.4, 0.5) is 11.4 Å². The molecule has 1 heterocycles. The van der Waals surface area contributed by atoms with Crippen molar-refractivity contribution < 1.29 is 13.2 Å². The van der Waals surface area contributed by atoms with E-state index < -0.39 is 10.0 Å². The van der Waals surface area contributed by atoms with Gasteiger partial charge in [0.1, 0.15) is 0 Å². The quantitative estimate of drug-likeness (QED) is 0.398. The van der Waals surface area contributed by atoms with Gasteiger partial charge in [-0.3, -0.25) is 14.2 Å². The summed E-state index contributed by atoms with van der Waals surface area (Å²) in [6.45, 7) is 6.43. The highest BCUT2D eigenvalue weighted by molar-refractivity contribution is 7.92. The minimum atomic E-state index is -3.69. The molecule has 4 rings (SSSR count). The Morgan fingerprint density at radius 1 is 0.882 bits per heavy atom. The zero-order valence-corrected chi connectivity index (χ0v) is 20.1. The minimum absolute atomic E-state index is 0.191. The summed E-state index contributed by atoms with van der Waals surface area (Å²) in [7, 11) is -3.69. The van der Waals surface area contributed by atoms with Crippen molar-refractivity contribution in [3.05, 3.63) is 107 Å². The molecule has 0 bridgehead atoms. The van der Waals surface area contributed by atoms with Gasteiger partial charge in [-0.1, -0.05) is 29.8 Å². The van der Waals surface area contributed by atoms with Gasteiger partial charge in [-0.05, 0) is 80.9 Å². The van der Waals surface area contributed by atoms with E-state index in [1.165, 1.54) is 0 Å². The second-order valence-electron chi connectivity index (χ2n) is 8.24. The number of aryl methyl sites for hydroxylation is 3. The van der Waals surface area contributed by atoms with Crippen molar-refractivity contribution in [1.29, 1.82) is 0 Å². The Morgan fingerprint density at radius 2 is 1.56 bits per heavy atom. The average molecular weight is 475 g/mol. The summed E-state index contributed by atoms with van der Waals surface area (Å²) in [6, 6.07) is 22.6. The van der Waals surface area contributed by atoms with E-state index in [-0.39, 0.29) is 10.8 Å². The zero-order valence-electron chi connectivity index (χ0n) is 19.2. The molecule has 8 heteroatoms. The third kappa shape index (κ3) is 5.52. The standard InChI is InChI=1S/C26H26N4O3S/c1-18-7-13-25(14-8-18)34(32,33)29-24-11-9-23(10-12-24)27-26(31)22-6-4-5-21(16-22)17-30-20(3)15-19(2)28-30/h4-16,29H,17H2,1-3H3,(H,27,31). The lowest BCUT2D eigenvalue weighted by atomic mass is 10.1. The van der Waals surface area contributed by atoms with Crippen LogP contribution in [0.2, 0.25) is 0 Å². The molecule has 0 radical (unpaired) electrons. The van der Waals surface area contributed by atoms with E-state index in [0.717, 1.165) is 22.5 Å². The number of anilines is 2. The first kappa shape index (κ1) is 23.3. The van der Waals surface area contributed by atoms with Gasteiger partial charge in [0, 0.05) is 22.6 Å². The maximum atomic E-state index is 12.8. The van der Waals surface area contributed by atoms with Gasteiger partial charge in [0.2, 0.25) is 0 Å². The molecule has 0 aliphatic rings. The smallest absolute Gasteiger partial charge is 0.261 e. The average Bonchev–Trinajstić information content (AvgIpc) is 3.11. The summed E-state index contributed by atoms with van der Waals surface area (Å²) >= 11 is 0. The number of nitrogens with zero attached hydrogens (tertiary/aromatic N) is 2. The monoisotopic (exact) mass is 474 g/mol. The molecule has 174 valence electrons. The number of carbonyl (C=O) groups is 1. The van der Waals surface area contributed by atoms with Gasteiger partial charge in [0.25, 0.3) is 15.9 Å². The lowest BCUT2D eigenvalue weighted by molar-refractivity contribution is 0.102. The Bertz CT molecular complexity index is 1420. The molecular weight excluding hydrogens is 448 g/mol. The molecule has 3 aromatic carbocycles. The largest absolute Gasteiger partial charge is 0.322 e. The summed E-state index contributed by atoms with van der Waals surface area (Å²) in [6.07, 6.45) is 0. The minimum Gasteiger partial charge on any atom is -0.322 e. The fourth-order valence-electron chi connectivity index (χ4n) is 3.58. The first-order valence-electron chi connectivity index (χ1n) is 10.8. The highest BCUT2D eigenvalue weighted by Gasteiger charge is 2.14. The number of nitrogens with one attached hydrogen (secondary N) is 2. The van der Waals surface area contributed by atoms with Crippen LogP contribution in [0.25, 0.3) is 0 Å². The molecule has 1 aromatic heterocycles. The van der Waals surface area contributed by atoms with Gasteiger partial charge in [-0.25, -0.2) is 8.42 Å². The summed E-state index contributed by atoms with van der Waals surface area (Å²) in [4.78, 5) is 13.0. The van der Waals surface area contributed by atoms with Crippen LogP contribution in [0.5, 0.6) is 0 Å². The van der Waals surface area contributed by atoms with Crippen molar-refractivity contribution in [2.75, 3.05) is 10.0 Å². The van der Waals surface area contributed by atoms with Crippen molar-refractivity contribution in [2.24, 2.45) is 0 Å². The fraction of sp³-hybridized carbons (Fsp3) is 0.154. The highest BCUT2D eigenvalue weighted by atomic mass is 32.2. The zero-order chi connectivity index (χ0) is 24.3. The first-order chi connectivity index (χ1) is 16.2. The Balaban J connectivity index is 1.42. The Labute approximate surface area is 199 Å². The Kier molecular flexibility index (Phi) is 6.51. The van der Waals surface area contributed by atoms with E-state index in [9.17, 15) is 13.2 Å². The predicted octanol–water partition coefficient (Wildman–Crippen LogP) is 4.91. The van der Waals surface area contributed by atoms with Gasteiger partial charge in [-0.2, -0.15) is 5.10 Å². The molecule has 0 fully saturated rings. The molecule has 0 saturated heterocycles. The molecule has 0 unspecified atom stereocenters. The Hall–Kier alpha value is -3.91. The van der Waals surface area contributed by atoms with Crippen LogP contribution in [0.15, 0.2) is 83.8 Å². The molecular formula is C26H26N4O3S. The first-order valence-corrected chi connectivity index (χ1v) is 12.3. The van der Waals surface area contributed by atoms with Gasteiger partial charge < -0.3 is 5.32 Å². The second-order valence-corrected chi connectivity index (χ2v) is 9.92. The molecule has 4 aromatic rings. The van der Waals surface area contributed by atoms with Crippen LogP contribution in [-0.4, -0.2) is 24.1 Å². The van der Waals surface area contributed by atoms with Crippen LogP contribution >= 0.6 is 0 Å². The second kappa shape index (κ2) is 9.52. The SMILES string of the molecule is Cc1ccc(S(=O)(=O)Nc2ccc(NC(=O)c3cccc(Cn4nc(C)cc4C)c3)cc2)cc1. The van der Waals surface area contributed by atoms with E-state index in [0.29, 0.717) is 23.5 Å². The molecule has 1 amide bonds. The predicted molar refractivity (Wildman–Crippen MR) is 134 cm³/mol. The molecule has 0 saturated carbocycles. The van der Waals surface area contributed by atoms with E-state index in [4.69, 9.17) is 0 Å². The van der Waals surface area contributed by atoms with Gasteiger partial charge in [0.05, 0.1) is 17.1 Å². The summed E-state index contributed by atoms with van der Waals surface area (Å²) in [5.74, 6) is -0.247. The number of sulfonamides is 1. The van der Waals surface area contributed by atoms with Gasteiger partial charge >= 0.3 is 0 Å². The summed E-state index contributed by atoms with van der Waals surface area (Å²) in [5, 5.41) is 7.33. The number of amides is 1. The van der Waals surface area contributed by atoms with Crippen molar-refractivity contribution in [1.82, 2.24) is 9.78 Å². The molecule has 0 aliphatic heterocycles. The van der Waals surface area contributed by atoms with Crippen molar-refractivity contribution in [3.8, 4) is 0 Å². The summed E-state index contributed by atoms with van der Waals surface area (Å²) in [5.41, 5.74) is 5.47. The topological polar surface area (TPSA) is 93.1 Å². The highest BCUT2D eigenvalue weighted by Crippen LogP contribution is 2.20. The van der Waals surface area contributed by atoms with Crippen molar-refractivity contribution >= 4 is 27.3 Å².